The van der Waals surface area contributed by atoms with E-state index in [0.29, 0.717) is 0 Å². The molecule has 0 radical (unpaired) electrons. The molecule has 1 heteroatoms. The molecule has 0 N–H and O–H groups in total. The first-order valence-electron chi connectivity index (χ1n) is 18.2. The number of thiophene rings is 1. The van der Waals surface area contributed by atoms with E-state index in [0.717, 1.165) is 0 Å². The van der Waals surface area contributed by atoms with Crippen molar-refractivity contribution in [2.75, 3.05) is 0 Å². The van der Waals surface area contributed by atoms with Crippen molar-refractivity contribution < 1.29 is 0 Å². The molecule has 0 spiro atoms. The second kappa shape index (κ2) is 11.0. The van der Waals surface area contributed by atoms with E-state index in [1.165, 1.54) is 108 Å². The Bertz CT molecular complexity index is 3030. The van der Waals surface area contributed by atoms with Gasteiger partial charge >= 0.3 is 0 Å². The van der Waals surface area contributed by atoms with Gasteiger partial charge in [-0.15, -0.1) is 11.3 Å². The van der Waals surface area contributed by atoms with Crippen molar-refractivity contribution in [1.29, 1.82) is 0 Å². The number of hydrogen-bond donors (Lipinski definition) is 0. The van der Waals surface area contributed by atoms with Gasteiger partial charge < -0.3 is 0 Å². The summed E-state index contributed by atoms with van der Waals surface area (Å²) in [5.74, 6) is 0. The Morgan fingerprint density at radius 2 is 0.904 bits per heavy atom. The van der Waals surface area contributed by atoms with E-state index in [2.05, 4.69) is 184 Å². The van der Waals surface area contributed by atoms with E-state index >= 15 is 0 Å². The summed E-state index contributed by atoms with van der Waals surface area (Å²) < 4.78 is 2.70. The van der Waals surface area contributed by atoms with Crippen molar-refractivity contribution in [1.82, 2.24) is 0 Å². The summed E-state index contributed by atoms with van der Waals surface area (Å²) in [5.41, 5.74) is 13.2. The quantitative estimate of drug-likeness (QED) is 0.163. The molecular weight excluding hydrogens is 645 g/mol. The average molecular weight is 679 g/mol. The van der Waals surface area contributed by atoms with Gasteiger partial charge in [-0.1, -0.05) is 166 Å². The fraction of sp³-hybridized carbons (Fsp3) is 0.0588. The molecule has 0 atom stereocenters. The van der Waals surface area contributed by atoms with Crippen LogP contribution in [0.3, 0.4) is 0 Å². The molecule has 0 bridgehead atoms. The minimum Gasteiger partial charge on any atom is -0.135 e. The predicted molar refractivity (Wildman–Crippen MR) is 226 cm³/mol. The van der Waals surface area contributed by atoms with Crippen molar-refractivity contribution in [3.8, 4) is 44.5 Å². The van der Waals surface area contributed by atoms with Gasteiger partial charge in [-0.05, 0) is 106 Å². The van der Waals surface area contributed by atoms with Gasteiger partial charge in [0.2, 0.25) is 0 Å². The largest absolute Gasteiger partial charge is 0.135 e. The Balaban J connectivity index is 1.16. The van der Waals surface area contributed by atoms with Gasteiger partial charge in [-0.3, -0.25) is 0 Å². The zero-order chi connectivity index (χ0) is 34.6. The molecule has 0 aliphatic heterocycles. The van der Waals surface area contributed by atoms with Crippen LogP contribution in [0.5, 0.6) is 0 Å². The SMILES string of the molecule is CC1(C)c2ccccc2-c2cc3sc4ccccc4c3c(-c3ccc(-c4c5ccccc5c(-c5ccc6ccccc6c5)c5ccccc45)cc3)c21. The molecule has 10 aromatic rings. The Morgan fingerprint density at radius 3 is 1.60 bits per heavy atom. The predicted octanol–water partition coefficient (Wildman–Crippen LogP) is 14.8. The second-order valence-electron chi connectivity index (χ2n) is 14.8. The zero-order valence-corrected chi connectivity index (χ0v) is 29.9. The van der Waals surface area contributed by atoms with Crippen LogP contribution in [0.1, 0.15) is 25.0 Å². The summed E-state index contributed by atoms with van der Waals surface area (Å²) in [4.78, 5) is 0. The van der Waals surface area contributed by atoms with Crippen LogP contribution in [0.25, 0.3) is 97.0 Å². The molecular formula is C51H34S. The maximum absolute atomic E-state index is 2.47. The third-order valence-electron chi connectivity index (χ3n) is 11.6. The topological polar surface area (TPSA) is 0 Å². The van der Waals surface area contributed by atoms with Crippen LogP contribution in [-0.4, -0.2) is 0 Å². The van der Waals surface area contributed by atoms with Crippen LogP contribution >= 0.6 is 11.3 Å². The molecule has 0 fully saturated rings. The highest BCUT2D eigenvalue weighted by Crippen LogP contribution is 2.56. The van der Waals surface area contributed by atoms with E-state index in [-0.39, 0.29) is 5.41 Å². The molecule has 0 saturated heterocycles. The summed E-state index contributed by atoms with van der Waals surface area (Å²) in [6.07, 6.45) is 0. The second-order valence-corrected chi connectivity index (χ2v) is 15.9. The number of benzene rings is 9. The van der Waals surface area contributed by atoms with Crippen LogP contribution in [-0.2, 0) is 5.41 Å². The van der Waals surface area contributed by atoms with Gasteiger partial charge in [-0.2, -0.15) is 0 Å². The minimum absolute atomic E-state index is 0.123. The first-order chi connectivity index (χ1) is 25.6. The van der Waals surface area contributed by atoms with Crippen LogP contribution in [0.15, 0.2) is 170 Å². The Labute approximate surface area is 307 Å². The smallest absolute Gasteiger partial charge is 0.0368 e. The fourth-order valence-corrected chi connectivity index (χ4v) is 10.5. The maximum Gasteiger partial charge on any atom is 0.0368 e. The number of rotatable bonds is 3. The highest BCUT2D eigenvalue weighted by atomic mass is 32.1. The Hall–Kier alpha value is -6.02. The lowest BCUT2D eigenvalue weighted by atomic mass is 9.77. The molecule has 11 rings (SSSR count). The molecule has 1 aliphatic carbocycles. The molecule has 0 nitrogen and oxygen atoms in total. The monoisotopic (exact) mass is 678 g/mol. The van der Waals surface area contributed by atoms with E-state index in [4.69, 9.17) is 0 Å². The summed E-state index contributed by atoms with van der Waals surface area (Å²) in [5, 5.41) is 10.4. The van der Waals surface area contributed by atoms with Gasteiger partial charge in [0.15, 0.2) is 0 Å². The molecule has 0 saturated carbocycles. The van der Waals surface area contributed by atoms with E-state index in [1.807, 2.05) is 11.3 Å². The van der Waals surface area contributed by atoms with E-state index in [1.54, 1.807) is 0 Å². The summed E-state index contributed by atoms with van der Waals surface area (Å²) in [7, 11) is 0. The van der Waals surface area contributed by atoms with Crippen molar-refractivity contribution in [2.45, 2.75) is 19.3 Å². The molecule has 1 aliphatic rings. The van der Waals surface area contributed by atoms with Crippen molar-refractivity contribution in [3.63, 3.8) is 0 Å². The molecule has 9 aromatic carbocycles. The zero-order valence-electron chi connectivity index (χ0n) is 29.1. The lowest BCUT2D eigenvalue weighted by Gasteiger charge is -2.25. The first-order valence-corrected chi connectivity index (χ1v) is 19.0. The van der Waals surface area contributed by atoms with Crippen LogP contribution in [0, 0.1) is 0 Å². The van der Waals surface area contributed by atoms with Crippen molar-refractivity contribution >= 4 is 63.8 Å². The fourth-order valence-electron chi connectivity index (χ4n) is 9.33. The Morgan fingerprint density at radius 1 is 0.385 bits per heavy atom. The molecule has 1 heterocycles. The maximum atomic E-state index is 2.47. The summed E-state index contributed by atoms with van der Waals surface area (Å²) >= 11 is 1.91. The summed E-state index contributed by atoms with van der Waals surface area (Å²) in [6.45, 7) is 4.82. The van der Waals surface area contributed by atoms with E-state index < -0.39 is 0 Å². The highest BCUT2D eigenvalue weighted by Gasteiger charge is 2.39. The van der Waals surface area contributed by atoms with Crippen LogP contribution in [0.4, 0.5) is 0 Å². The molecule has 244 valence electrons. The van der Waals surface area contributed by atoms with Gasteiger partial charge in [-0.25, -0.2) is 0 Å². The molecule has 1 aromatic heterocycles. The highest BCUT2D eigenvalue weighted by molar-refractivity contribution is 7.26. The van der Waals surface area contributed by atoms with E-state index in [9.17, 15) is 0 Å². The molecule has 0 unspecified atom stereocenters. The number of fused-ring (bicyclic) bond motifs is 9. The van der Waals surface area contributed by atoms with Gasteiger partial charge in [0.1, 0.15) is 0 Å². The third-order valence-corrected chi connectivity index (χ3v) is 12.7. The van der Waals surface area contributed by atoms with Crippen molar-refractivity contribution in [2.24, 2.45) is 0 Å². The van der Waals surface area contributed by atoms with Crippen LogP contribution < -0.4 is 0 Å². The average Bonchev–Trinajstić information content (AvgIpc) is 3.68. The van der Waals surface area contributed by atoms with Gasteiger partial charge in [0, 0.05) is 25.6 Å². The lowest BCUT2D eigenvalue weighted by molar-refractivity contribution is 0.663. The minimum atomic E-state index is -0.123. The number of hydrogen-bond acceptors (Lipinski definition) is 1. The first kappa shape index (κ1) is 29.7. The summed E-state index contributed by atoms with van der Waals surface area (Å²) in [6, 6.07) is 63.4. The van der Waals surface area contributed by atoms with Crippen LogP contribution in [0.2, 0.25) is 0 Å². The Kier molecular flexibility index (Phi) is 6.27. The normalized spacial score (nSPS) is 13.3. The molecule has 0 amide bonds. The van der Waals surface area contributed by atoms with Gasteiger partial charge in [0.05, 0.1) is 0 Å². The van der Waals surface area contributed by atoms with Crippen molar-refractivity contribution in [3.05, 3.63) is 181 Å². The lowest BCUT2D eigenvalue weighted by Crippen LogP contribution is -2.16. The molecule has 52 heavy (non-hydrogen) atoms. The standard InChI is InChI=1S/C51H34S/c1-51(2)43-21-11-9-15-36(43)42-30-45-49(41-20-10-12-22-44(41)52-45)48(50(42)51)33-26-24-32(25-27-33)46-37-16-5-7-18-39(37)47(40-19-8-6-17-38(40)46)35-28-23-31-13-3-4-14-34(31)29-35/h3-30H,1-2H3. The van der Waals surface area contributed by atoms with Gasteiger partial charge in [0.25, 0.3) is 0 Å². The third kappa shape index (κ3) is 4.15.